The van der Waals surface area contributed by atoms with Crippen LogP contribution in [0.1, 0.15) is 17.2 Å². The number of benzene rings is 3. The summed E-state index contributed by atoms with van der Waals surface area (Å²) in [7, 11) is 1.74. The van der Waals surface area contributed by atoms with Gasteiger partial charge in [0.1, 0.15) is 11.9 Å². The number of nitrogens with zero attached hydrogens (tertiary/aromatic N) is 1. The number of terminal acetylenes is 1. The van der Waals surface area contributed by atoms with Crippen LogP contribution < -0.4 is 16.0 Å². The molecule has 0 fully saturated rings. The van der Waals surface area contributed by atoms with Gasteiger partial charge >= 0.3 is 6.03 Å². The molecule has 0 saturated carbocycles. The molecular formula is C26H24ClN5O2. The molecule has 4 N–H and O–H groups in total. The fourth-order valence-corrected chi connectivity index (χ4v) is 3.27. The molecule has 0 aliphatic heterocycles. The van der Waals surface area contributed by atoms with Crippen molar-refractivity contribution in [3.63, 3.8) is 0 Å². The summed E-state index contributed by atoms with van der Waals surface area (Å²) in [6, 6.07) is 21.0. The molecule has 3 rings (SSSR count). The highest BCUT2D eigenvalue weighted by atomic mass is 35.5. The highest BCUT2D eigenvalue weighted by molar-refractivity contribution is 6.30. The number of nitrogens with one attached hydrogen (secondary N) is 4. The molecule has 3 aromatic carbocycles. The van der Waals surface area contributed by atoms with E-state index in [-0.39, 0.29) is 5.84 Å². The predicted molar refractivity (Wildman–Crippen MR) is 136 cm³/mol. The Morgan fingerprint density at radius 1 is 0.971 bits per heavy atom. The number of amides is 3. The summed E-state index contributed by atoms with van der Waals surface area (Å²) in [5, 5.41) is 17.0. The quantitative estimate of drug-likeness (QED) is 0.227. The molecule has 0 spiro atoms. The topological polar surface area (TPSA) is 97.3 Å². The average Bonchev–Trinajstić information content (AvgIpc) is 2.84. The normalized spacial score (nSPS) is 11.0. The number of urea groups is 1. The van der Waals surface area contributed by atoms with Crippen molar-refractivity contribution in [3.05, 3.63) is 95.0 Å². The van der Waals surface area contributed by atoms with E-state index < -0.39 is 18.0 Å². The van der Waals surface area contributed by atoms with Crippen LogP contribution in [0.25, 0.3) is 0 Å². The predicted octanol–water partition coefficient (Wildman–Crippen LogP) is 4.73. The number of hydrogen-bond donors (Lipinski definition) is 4. The van der Waals surface area contributed by atoms with Gasteiger partial charge in [-0.2, -0.15) is 0 Å². The molecule has 3 aromatic rings. The van der Waals surface area contributed by atoms with E-state index in [4.69, 9.17) is 23.4 Å². The molecular weight excluding hydrogens is 450 g/mol. The van der Waals surface area contributed by atoms with Crippen LogP contribution in [0.4, 0.5) is 16.2 Å². The van der Waals surface area contributed by atoms with Gasteiger partial charge in [0.15, 0.2) is 0 Å². The lowest BCUT2D eigenvalue weighted by molar-refractivity contribution is -0.118. The minimum absolute atomic E-state index is 0.276. The van der Waals surface area contributed by atoms with Crippen molar-refractivity contribution in [1.82, 2.24) is 10.2 Å². The zero-order valence-corrected chi connectivity index (χ0v) is 19.3. The number of carbonyl (C=O) groups is 2. The van der Waals surface area contributed by atoms with Crippen molar-refractivity contribution in [2.24, 2.45) is 0 Å². The van der Waals surface area contributed by atoms with Crippen molar-refractivity contribution < 1.29 is 9.59 Å². The summed E-state index contributed by atoms with van der Waals surface area (Å²) in [6.45, 7) is 0.319. The van der Waals surface area contributed by atoms with Gasteiger partial charge in [-0.3, -0.25) is 10.2 Å². The van der Waals surface area contributed by atoms with Gasteiger partial charge in [-0.1, -0.05) is 47.9 Å². The Morgan fingerprint density at radius 3 is 2.18 bits per heavy atom. The van der Waals surface area contributed by atoms with Crippen molar-refractivity contribution >= 4 is 40.7 Å². The lowest BCUT2D eigenvalue weighted by Gasteiger charge is -2.20. The first-order chi connectivity index (χ1) is 16.4. The van der Waals surface area contributed by atoms with Crippen LogP contribution in [-0.4, -0.2) is 36.3 Å². The molecule has 0 bridgehead atoms. The van der Waals surface area contributed by atoms with Gasteiger partial charge in [-0.15, -0.1) is 6.42 Å². The highest BCUT2D eigenvalue weighted by Crippen LogP contribution is 2.18. The molecule has 0 radical (unpaired) electrons. The molecule has 172 valence electrons. The Hall–Kier alpha value is -4.28. The SMILES string of the molecule is C#CCN(C)C(=N)c1ccc(NC(=O)C(NC(=O)Nc2ccc(Cl)cc2)c2ccccc2)cc1. The first-order valence-corrected chi connectivity index (χ1v) is 10.8. The van der Waals surface area contributed by atoms with Gasteiger partial charge in [-0.05, 0) is 54.1 Å². The molecule has 3 amide bonds. The van der Waals surface area contributed by atoms with Gasteiger partial charge in [0.2, 0.25) is 0 Å². The maximum atomic E-state index is 13.1. The van der Waals surface area contributed by atoms with Gasteiger partial charge in [0.05, 0.1) is 6.54 Å². The van der Waals surface area contributed by atoms with Crippen molar-refractivity contribution in [2.75, 3.05) is 24.2 Å². The molecule has 0 aliphatic carbocycles. The Balaban J connectivity index is 1.72. The third-order valence-corrected chi connectivity index (χ3v) is 5.16. The van der Waals surface area contributed by atoms with Gasteiger partial charge in [-0.25, -0.2) is 4.79 Å². The summed E-state index contributed by atoms with van der Waals surface area (Å²) in [5.74, 6) is 2.36. The molecule has 1 atom stereocenters. The maximum Gasteiger partial charge on any atom is 0.320 e. The number of amidine groups is 1. The van der Waals surface area contributed by atoms with Crippen LogP contribution in [0.15, 0.2) is 78.9 Å². The van der Waals surface area contributed by atoms with Gasteiger partial charge < -0.3 is 20.9 Å². The summed E-state index contributed by atoms with van der Waals surface area (Å²) in [6.07, 6.45) is 5.31. The number of hydrogen-bond acceptors (Lipinski definition) is 3. The third-order valence-electron chi connectivity index (χ3n) is 4.91. The van der Waals surface area contributed by atoms with Crippen LogP contribution in [-0.2, 0) is 4.79 Å². The lowest BCUT2D eigenvalue weighted by atomic mass is 10.1. The number of carbonyl (C=O) groups excluding carboxylic acids is 2. The van der Waals surface area contributed by atoms with E-state index in [9.17, 15) is 9.59 Å². The molecule has 1 unspecified atom stereocenters. The second-order valence-corrected chi connectivity index (χ2v) is 7.86. The van der Waals surface area contributed by atoms with Crippen LogP contribution in [0.3, 0.4) is 0 Å². The van der Waals surface area contributed by atoms with E-state index >= 15 is 0 Å². The minimum Gasteiger partial charge on any atom is -0.349 e. The highest BCUT2D eigenvalue weighted by Gasteiger charge is 2.23. The number of halogens is 1. The number of rotatable bonds is 7. The summed E-state index contributed by atoms with van der Waals surface area (Å²) in [4.78, 5) is 27.4. The molecule has 0 saturated heterocycles. The van der Waals surface area contributed by atoms with Crippen molar-refractivity contribution in [2.45, 2.75) is 6.04 Å². The minimum atomic E-state index is -0.937. The second-order valence-electron chi connectivity index (χ2n) is 7.42. The van der Waals surface area contributed by atoms with Crippen LogP contribution in [0.5, 0.6) is 0 Å². The summed E-state index contributed by atoms with van der Waals surface area (Å²) >= 11 is 5.88. The Morgan fingerprint density at radius 2 is 1.56 bits per heavy atom. The second kappa shape index (κ2) is 11.5. The monoisotopic (exact) mass is 473 g/mol. The molecule has 0 aliphatic rings. The molecule has 7 nitrogen and oxygen atoms in total. The van der Waals surface area contributed by atoms with Crippen LogP contribution >= 0.6 is 11.6 Å². The molecule has 0 heterocycles. The van der Waals surface area contributed by atoms with Crippen LogP contribution in [0.2, 0.25) is 5.02 Å². The number of anilines is 2. The van der Waals surface area contributed by atoms with Crippen LogP contribution in [0, 0.1) is 17.8 Å². The Kier molecular flexibility index (Phi) is 8.27. The fourth-order valence-electron chi connectivity index (χ4n) is 3.14. The molecule has 8 heteroatoms. The summed E-state index contributed by atoms with van der Waals surface area (Å²) < 4.78 is 0. The third kappa shape index (κ3) is 6.61. The van der Waals surface area contributed by atoms with Crippen molar-refractivity contribution in [1.29, 1.82) is 5.41 Å². The first-order valence-electron chi connectivity index (χ1n) is 10.4. The first kappa shape index (κ1) is 24.4. The molecule has 34 heavy (non-hydrogen) atoms. The van der Waals surface area contributed by atoms with E-state index in [2.05, 4.69) is 21.9 Å². The lowest BCUT2D eigenvalue weighted by Crippen LogP contribution is -2.39. The van der Waals surface area contributed by atoms with Crippen molar-refractivity contribution in [3.8, 4) is 12.3 Å². The standard InChI is InChI=1S/C26H24ClN5O2/c1-3-17-32(2)24(28)19-9-13-21(14-10-19)29-25(33)23(18-7-5-4-6-8-18)31-26(34)30-22-15-11-20(27)12-16-22/h1,4-16,23,28H,17H2,2H3,(H,29,33)(H2,30,31,34). The zero-order valence-electron chi connectivity index (χ0n) is 18.5. The van der Waals surface area contributed by atoms with Gasteiger partial charge in [0.25, 0.3) is 5.91 Å². The average molecular weight is 474 g/mol. The largest absolute Gasteiger partial charge is 0.349 e. The summed E-state index contributed by atoms with van der Waals surface area (Å²) in [5.41, 5.74) is 2.36. The van der Waals surface area contributed by atoms with E-state index in [1.165, 1.54) is 0 Å². The van der Waals surface area contributed by atoms with E-state index in [0.717, 1.165) is 0 Å². The van der Waals surface area contributed by atoms with E-state index in [1.54, 1.807) is 84.7 Å². The van der Waals surface area contributed by atoms with E-state index in [1.807, 2.05) is 6.07 Å². The fraction of sp³-hybridized carbons (Fsp3) is 0.115. The smallest absolute Gasteiger partial charge is 0.320 e. The Labute approximate surface area is 203 Å². The molecule has 0 aromatic heterocycles. The van der Waals surface area contributed by atoms with Gasteiger partial charge in [0, 0.05) is 29.0 Å². The Bertz CT molecular complexity index is 1190. The maximum absolute atomic E-state index is 13.1. The van der Waals surface area contributed by atoms with E-state index in [0.29, 0.717) is 34.1 Å². The zero-order chi connectivity index (χ0) is 24.5.